The predicted molar refractivity (Wildman–Crippen MR) is 84.3 cm³/mol. The summed E-state index contributed by atoms with van der Waals surface area (Å²) in [5.74, 6) is -0.610. The summed E-state index contributed by atoms with van der Waals surface area (Å²) in [5, 5.41) is 8.66. The topological polar surface area (TPSA) is 68.9 Å². The number of primary amides is 1. The highest BCUT2D eigenvalue weighted by atomic mass is 32.1. The second-order valence-electron chi connectivity index (χ2n) is 4.90. The number of alkyl halides is 3. The molecule has 3 rings (SSSR count). The maximum absolute atomic E-state index is 12.8. The smallest absolute Gasteiger partial charge is 0.366 e. The standard InChI is InChI=1S/C16H10F3N3OS/c17-16(18,19)10-5-3-4-9(8-10)14-21-22-15(24-14)12-7-2-1-6-11(12)13(20)23/h1-8H,(H2,20,23). The molecule has 1 heterocycles. The van der Waals surface area contributed by atoms with Gasteiger partial charge in [0.05, 0.1) is 5.56 Å². The third kappa shape index (κ3) is 3.13. The zero-order valence-electron chi connectivity index (χ0n) is 12.0. The molecule has 122 valence electrons. The van der Waals surface area contributed by atoms with E-state index in [4.69, 9.17) is 5.73 Å². The number of rotatable bonds is 3. The van der Waals surface area contributed by atoms with Crippen LogP contribution in [0.15, 0.2) is 48.5 Å². The Labute approximate surface area is 138 Å². The fourth-order valence-corrected chi connectivity index (χ4v) is 3.04. The van der Waals surface area contributed by atoms with Gasteiger partial charge < -0.3 is 5.73 Å². The van der Waals surface area contributed by atoms with Crippen molar-refractivity contribution >= 4 is 17.2 Å². The van der Waals surface area contributed by atoms with Gasteiger partial charge in [-0.25, -0.2) is 0 Å². The number of hydrogen-bond donors (Lipinski definition) is 1. The van der Waals surface area contributed by atoms with Gasteiger partial charge in [0.1, 0.15) is 10.0 Å². The van der Waals surface area contributed by atoms with Gasteiger partial charge in [0.15, 0.2) is 0 Å². The van der Waals surface area contributed by atoms with Crippen molar-refractivity contribution in [2.24, 2.45) is 5.73 Å². The summed E-state index contributed by atoms with van der Waals surface area (Å²) in [6, 6.07) is 11.5. The van der Waals surface area contributed by atoms with Crippen molar-refractivity contribution in [2.75, 3.05) is 0 Å². The summed E-state index contributed by atoms with van der Waals surface area (Å²) in [6.07, 6.45) is -4.43. The molecule has 0 unspecified atom stereocenters. The van der Waals surface area contributed by atoms with E-state index in [1.54, 1.807) is 24.3 Å². The molecule has 0 radical (unpaired) electrons. The molecule has 4 nitrogen and oxygen atoms in total. The summed E-state index contributed by atoms with van der Waals surface area (Å²) in [7, 11) is 0. The predicted octanol–water partition coefficient (Wildman–Crippen LogP) is 3.99. The SMILES string of the molecule is NC(=O)c1ccccc1-c1nnc(-c2cccc(C(F)(F)F)c2)s1. The van der Waals surface area contributed by atoms with Crippen molar-refractivity contribution in [3.05, 3.63) is 59.7 Å². The van der Waals surface area contributed by atoms with Crippen LogP contribution in [0.4, 0.5) is 13.2 Å². The molecule has 0 aliphatic heterocycles. The number of carbonyl (C=O) groups excluding carboxylic acids is 1. The van der Waals surface area contributed by atoms with Gasteiger partial charge in [0, 0.05) is 16.7 Å². The molecule has 0 saturated carbocycles. The van der Waals surface area contributed by atoms with Crippen molar-refractivity contribution in [3.8, 4) is 21.1 Å². The van der Waals surface area contributed by atoms with Crippen LogP contribution in [0.1, 0.15) is 15.9 Å². The third-order valence-corrected chi connectivity index (χ3v) is 4.29. The minimum Gasteiger partial charge on any atom is -0.366 e. The molecular formula is C16H10F3N3OS. The number of carbonyl (C=O) groups is 1. The van der Waals surface area contributed by atoms with Crippen LogP contribution < -0.4 is 5.73 Å². The van der Waals surface area contributed by atoms with Crippen molar-refractivity contribution in [1.29, 1.82) is 0 Å². The van der Waals surface area contributed by atoms with Gasteiger partial charge in [-0.2, -0.15) is 13.2 Å². The van der Waals surface area contributed by atoms with Gasteiger partial charge in [-0.05, 0) is 18.2 Å². The van der Waals surface area contributed by atoms with Crippen LogP contribution in [0.5, 0.6) is 0 Å². The first kappa shape index (κ1) is 16.1. The number of halogens is 3. The zero-order chi connectivity index (χ0) is 17.3. The molecule has 0 spiro atoms. The maximum Gasteiger partial charge on any atom is 0.416 e. The first-order valence-electron chi connectivity index (χ1n) is 6.76. The Morgan fingerprint density at radius 1 is 1.00 bits per heavy atom. The van der Waals surface area contributed by atoms with Crippen LogP contribution in [-0.2, 0) is 6.18 Å². The molecule has 0 saturated heterocycles. The molecule has 2 aromatic carbocycles. The molecule has 1 amide bonds. The molecule has 0 fully saturated rings. The van der Waals surface area contributed by atoms with Crippen molar-refractivity contribution < 1.29 is 18.0 Å². The fraction of sp³-hybridized carbons (Fsp3) is 0.0625. The van der Waals surface area contributed by atoms with Gasteiger partial charge in [-0.3, -0.25) is 4.79 Å². The first-order valence-corrected chi connectivity index (χ1v) is 7.58. The third-order valence-electron chi connectivity index (χ3n) is 3.28. The van der Waals surface area contributed by atoms with Gasteiger partial charge in [0.2, 0.25) is 5.91 Å². The molecule has 8 heteroatoms. The van der Waals surface area contributed by atoms with Gasteiger partial charge >= 0.3 is 6.18 Å². The minimum atomic E-state index is -4.43. The molecule has 0 bridgehead atoms. The Kier molecular flexibility index (Phi) is 4.06. The van der Waals surface area contributed by atoms with E-state index in [1.165, 1.54) is 12.1 Å². The highest BCUT2D eigenvalue weighted by molar-refractivity contribution is 7.18. The second kappa shape index (κ2) is 6.04. The average Bonchev–Trinajstić information content (AvgIpc) is 3.04. The molecule has 0 aliphatic carbocycles. The summed E-state index contributed by atoms with van der Waals surface area (Å²) in [6.45, 7) is 0. The van der Waals surface area contributed by atoms with Crippen molar-refractivity contribution in [2.45, 2.75) is 6.18 Å². The fourth-order valence-electron chi connectivity index (χ4n) is 2.16. The molecule has 1 aromatic heterocycles. The van der Waals surface area contributed by atoms with Gasteiger partial charge in [-0.1, -0.05) is 41.7 Å². The van der Waals surface area contributed by atoms with Gasteiger partial charge in [-0.15, -0.1) is 10.2 Å². The number of amides is 1. The van der Waals surface area contributed by atoms with E-state index >= 15 is 0 Å². The van der Waals surface area contributed by atoms with E-state index in [2.05, 4.69) is 10.2 Å². The van der Waals surface area contributed by atoms with E-state index in [9.17, 15) is 18.0 Å². The van der Waals surface area contributed by atoms with Crippen molar-refractivity contribution in [1.82, 2.24) is 10.2 Å². The van der Waals surface area contributed by atoms with Crippen LogP contribution in [0.25, 0.3) is 21.1 Å². The number of nitrogens with two attached hydrogens (primary N) is 1. The molecule has 2 N–H and O–H groups in total. The normalized spacial score (nSPS) is 11.5. The lowest BCUT2D eigenvalue weighted by Gasteiger charge is -2.06. The average molecular weight is 349 g/mol. The quantitative estimate of drug-likeness (QED) is 0.777. The Hall–Kier alpha value is -2.74. The lowest BCUT2D eigenvalue weighted by Crippen LogP contribution is -2.12. The number of benzene rings is 2. The van der Waals surface area contributed by atoms with Crippen LogP contribution in [0.2, 0.25) is 0 Å². The van der Waals surface area contributed by atoms with Crippen LogP contribution in [0, 0.1) is 0 Å². The summed E-state index contributed by atoms with van der Waals surface area (Å²) in [5.41, 5.74) is 5.67. The zero-order valence-corrected chi connectivity index (χ0v) is 12.9. The molecule has 0 aliphatic rings. The molecule has 24 heavy (non-hydrogen) atoms. The Bertz CT molecular complexity index is 905. The molecular weight excluding hydrogens is 339 g/mol. The van der Waals surface area contributed by atoms with E-state index in [0.29, 0.717) is 21.1 Å². The highest BCUT2D eigenvalue weighted by Gasteiger charge is 2.30. The summed E-state index contributed by atoms with van der Waals surface area (Å²) in [4.78, 5) is 11.5. The summed E-state index contributed by atoms with van der Waals surface area (Å²) >= 11 is 1.09. The molecule has 0 atom stereocenters. The first-order chi connectivity index (χ1) is 11.4. The Morgan fingerprint density at radius 3 is 2.42 bits per heavy atom. The van der Waals surface area contributed by atoms with E-state index in [1.807, 2.05) is 0 Å². The van der Waals surface area contributed by atoms with E-state index < -0.39 is 17.6 Å². The maximum atomic E-state index is 12.8. The summed E-state index contributed by atoms with van der Waals surface area (Å²) < 4.78 is 38.4. The molecule has 3 aromatic rings. The lowest BCUT2D eigenvalue weighted by atomic mass is 10.1. The van der Waals surface area contributed by atoms with Crippen LogP contribution in [-0.4, -0.2) is 16.1 Å². The van der Waals surface area contributed by atoms with Gasteiger partial charge in [0.25, 0.3) is 0 Å². The Balaban J connectivity index is 2.02. The van der Waals surface area contributed by atoms with Crippen LogP contribution in [0.3, 0.4) is 0 Å². The second-order valence-corrected chi connectivity index (χ2v) is 5.88. The van der Waals surface area contributed by atoms with E-state index in [-0.39, 0.29) is 5.56 Å². The number of nitrogens with zero attached hydrogens (tertiary/aromatic N) is 2. The largest absolute Gasteiger partial charge is 0.416 e. The lowest BCUT2D eigenvalue weighted by molar-refractivity contribution is -0.137. The number of aromatic nitrogens is 2. The highest BCUT2D eigenvalue weighted by Crippen LogP contribution is 2.35. The Morgan fingerprint density at radius 2 is 1.71 bits per heavy atom. The monoisotopic (exact) mass is 349 g/mol. The number of hydrogen-bond acceptors (Lipinski definition) is 4. The minimum absolute atomic E-state index is 0.282. The van der Waals surface area contributed by atoms with Crippen molar-refractivity contribution in [3.63, 3.8) is 0 Å². The van der Waals surface area contributed by atoms with Crippen LogP contribution >= 0.6 is 11.3 Å². The van der Waals surface area contributed by atoms with E-state index in [0.717, 1.165) is 23.5 Å².